The first kappa shape index (κ1) is 31.0. The number of carbonyl (C=O) groups excluding carboxylic acids is 2. The Hall–Kier alpha value is -5.04. The minimum absolute atomic E-state index is 0.00332. The van der Waals surface area contributed by atoms with Crippen LogP contribution < -0.4 is 20.8 Å². The summed E-state index contributed by atoms with van der Waals surface area (Å²) < 4.78 is 7.43. The van der Waals surface area contributed by atoms with Gasteiger partial charge in [0.2, 0.25) is 5.91 Å². The molecule has 2 amide bonds. The van der Waals surface area contributed by atoms with Crippen LogP contribution >= 0.6 is 11.6 Å². The number of aromatic nitrogens is 3. The number of ether oxygens (including phenoxy) is 1. The third-order valence-electron chi connectivity index (χ3n) is 7.81. The predicted molar refractivity (Wildman–Crippen MR) is 176 cm³/mol. The molecular formula is C33H30BClN6O5. The van der Waals surface area contributed by atoms with Crippen LogP contribution in [0, 0.1) is 6.92 Å². The van der Waals surface area contributed by atoms with Crippen molar-refractivity contribution in [3.05, 3.63) is 112 Å². The molecule has 0 radical (unpaired) electrons. The summed E-state index contributed by atoms with van der Waals surface area (Å²) in [5.41, 5.74) is 3.87. The number of fused-ring (bicyclic) bond motifs is 4. The quantitative estimate of drug-likeness (QED) is 0.144. The Labute approximate surface area is 270 Å². The number of hydrogen-bond acceptors (Lipinski definition) is 8. The van der Waals surface area contributed by atoms with E-state index in [0.717, 1.165) is 16.8 Å². The lowest BCUT2D eigenvalue weighted by atomic mass is 9.79. The molecule has 0 saturated carbocycles. The van der Waals surface area contributed by atoms with Crippen molar-refractivity contribution < 1.29 is 24.4 Å². The number of aryl methyl sites for hydroxylation is 1. The Kier molecular flexibility index (Phi) is 8.84. The first-order valence-electron chi connectivity index (χ1n) is 14.6. The predicted octanol–water partition coefficient (Wildman–Crippen LogP) is 2.90. The van der Waals surface area contributed by atoms with Gasteiger partial charge < -0.3 is 25.4 Å². The number of benzene rings is 4. The molecule has 0 saturated heterocycles. The molecule has 5 aromatic rings. The molecule has 0 unspecified atom stereocenters. The molecule has 11 nitrogen and oxygen atoms in total. The van der Waals surface area contributed by atoms with Gasteiger partial charge in [0.1, 0.15) is 17.6 Å². The third kappa shape index (κ3) is 6.23. The van der Waals surface area contributed by atoms with E-state index in [4.69, 9.17) is 21.3 Å². The van der Waals surface area contributed by atoms with Crippen molar-refractivity contribution in [1.29, 1.82) is 0 Å². The van der Waals surface area contributed by atoms with Crippen LogP contribution in [0.2, 0.25) is 5.02 Å². The minimum atomic E-state index is -1.60. The minimum Gasteiger partial charge on any atom is -0.497 e. The number of nitrogens with zero attached hydrogens (tertiary/aromatic N) is 4. The summed E-state index contributed by atoms with van der Waals surface area (Å²) >= 11 is 6.18. The molecule has 232 valence electrons. The van der Waals surface area contributed by atoms with Gasteiger partial charge in [-0.1, -0.05) is 54.1 Å². The lowest BCUT2D eigenvalue weighted by Gasteiger charge is -2.14. The molecule has 6 rings (SSSR count). The standard InChI is InChI=1S/C33H30BClN6O5/c1-19-39-40-32-28(38-31(20-6-9-23(35)10-7-20)27-17-24(46-2)11-13-29(27)41(19)32)18-30(42)36-14-15-37-33(43)26-5-3-4-21-16-22(34(44)45)8-12-25(21)26/h3-13,16-17,28,44-45H,14-15,18H2,1-2H3,(H,36,42)(H,37,43)/t28-/m0/s1. The number of aliphatic imine (C=N–C) groups is 1. The molecule has 1 aliphatic heterocycles. The van der Waals surface area contributed by atoms with Crippen LogP contribution in [0.3, 0.4) is 0 Å². The van der Waals surface area contributed by atoms with E-state index in [1.165, 1.54) is 0 Å². The molecule has 2 heterocycles. The van der Waals surface area contributed by atoms with Gasteiger partial charge in [0.15, 0.2) is 5.82 Å². The number of hydrogen-bond donors (Lipinski definition) is 4. The van der Waals surface area contributed by atoms with Crippen molar-refractivity contribution in [2.24, 2.45) is 4.99 Å². The van der Waals surface area contributed by atoms with Crippen LogP contribution in [0.5, 0.6) is 5.75 Å². The Balaban J connectivity index is 1.19. The van der Waals surface area contributed by atoms with E-state index in [-0.39, 0.29) is 31.3 Å². The van der Waals surface area contributed by atoms with Gasteiger partial charge in [0, 0.05) is 34.8 Å². The van der Waals surface area contributed by atoms with Gasteiger partial charge in [-0.05, 0) is 59.6 Å². The Bertz CT molecular complexity index is 1980. The number of methoxy groups -OCH3 is 1. The van der Waals surface area contributed by atoms with E-state index in [0.29, 0.717) is 49.9 Å². The molecule has 0 spiro atoms. The average Bonchev–Trinajstić information content (AvgIpc) is 3.39. The average molecular weight is 637 g/mol. The van der Waals surface area contributed by atoms with E-state index in [1.807, 2.05) is 41.8 Å². The maximum absolute atomic E-state index is 13.2. The number of carbonyl (C=O) groups is 2. The first-order valence-corrected chi connectivity index (χ1v) is 15.0. The van der Waals surface area contributed by atoms with Crippen molar-refractivity contribution in [3.8, 4) is 11.4 Å². The third-order valence-corrected chi connectivity index (χ3v) is 8.06. The Morgan fingerprint density at radius 3 is 2.52 bits per heavy atom. The lowest BCUT2D eigenvalue weighted by molar-refractivity contribution is -0.121. The summed E-state index contributed by atoms with van der Waals surface area (Å²) in [5, 5.41) is 35.4. The molecule has 13 heteroatoms. The number of rotatable bonds is 9. The number of halogens is 1. The molecule has 46 heavy (non-hydrogen) atoms. The molecule has 1 atom stereocenters. The van der Waals surface area contributed by atoms with Crippen molar-refractivity contribution >= 4 is 52.5 Å². The summed E-state index contributed by atoms with van der Waals surface area (Å²) in [5.74, 6) is 1.26. The van der Waals surface area contributed by atoms with Gasteiger partial charge >= 0.3 is 7.12 Å². The second kappa shape index (κ2) is 13.1. The van der Waals surface area contributed by atoms with Crippen molar-refractivity contribution in [3.63, 3.8) is 0 Å². The lowest BCUT2D eigenvalue weighted by Crippen LogP contribution is -2.35. The fourth-order valence-electron chi connectivity index (χ4n) is 5.56. The summed E-state index contributed by atoms with van der Waals surface area (Å²) in [6.45, 7) is 2.24. The van der Waals surface area contributed by atoms with Gasteiger partial charge in [-0.2, -0.15) is 0 Å². The molecule has 0 fully saturated rings. The highest BCUT2D eigenvalue weighted by molar-refractivity contribution is 6.59. The SMILES string of the molecule is COc1ccc2c(c1)C(c1ccc(Cl)cc1)=N[C@@H](CC(=O)NCCNC(=O)c1cccc3cc(B(O)O)ccc13)c1nnc(C)n1-2. The molecular weight excluding hydrogens is 607 g/mol. The summed E-state index contributed by atoms with van der Waals surface area (Å²) in [6.07, 6.45) is -0.00332. The maximum Gasteiger partial charge on any atom is 0.488 e. The molecule has 0 aliphatic carbocycles. The molecule has 0 bridgehead atoms. The summed E-state index contributed by atoms with van der Waals surface area (Å²) in [7, 11) is 0.00186. The smallest absolute Gasteiger partial charge is 0.488 e. The van der Waals surface area contributed by atoms with Crippen LogP contribution in [-0.2, 0) is 4.79 Å². The maximum atomic E-state index is 13.2. The number of nitrogens with one attached hydrogen (secondary N) is 2. The zero-order valence-corrected chi connectivity index (χ0v) is 25.8. The van der Waals surface area contributed by atoms with Gasteiger partial charge in [-0.3, -0.25) is 19.1 Å². The van der Waals surface area contributed by atoms with Gasteiger partial charge in [0.05, 0.1) is 24.9 Å². The van der Waals surface area contributed by atoms with Crippen LogP contribution in [0.15, 0.2) is 83.9 Å². The molecule has 4 N–H and O–H groups in total. The van der Waals surface area contributed by atoms with Crippen LogP contribution in [0.25, 0.3) is 16.5 Å². The monoisotopic (exact) mass is 636 g/mol. The second-order valence-corrected chi connectivity index (χ2v) is 11.2. The van der Waals surface area contributed by atoms with E-state index in [9.17, 15) is 19.6 Å². The summed E-state index contributed by atoms with van der Waals surface area (Å²) in [4.78, 5) is 31.3. The van der Waals surface area contributed by atoms with E-state index < -0.39 is 13.2 Å². The highest BCUT2D eigenvalue weighted by Crippen LogP contribution is 2.34. The topological polar surface area (TPSA) is 151 Å². The molecule has 1 aliphatic rings. The van der Waals surface area contributed by atoms with Crippen LogP contribution in [0.1, 0.15) is 45.6 Å². The van der Waals surface area contributed by atoms with E-state index >= 15 is 0 Å². The normalized spacial score (nSPS) is 13.7. The van der Waals surface area contributed by atoms with Crippen molar-refractivity contribution in [2.45, 2.75) is 19.4 Å². The van der Waals surface area contributed by atoms with Gasteiger partial charge in [-0.15, -0.1) is 10.2 Å². The summed E-state index contributed by atoms with van der Waals surface area (Å²) in [6, 6.07) is 22.5. The van der Waals surface area contributed by atoms with Crippen molar-refractivity contribution in [2.75, 3.05) is 20.2 Å². The second-order valence-electron chi connectivity index (χ2n) is 10.8. The van der Waals surface area contributed by atoms with Crippen molar-refractivity contribution in [1.82, 2.24) is 25.4 Å². The number of amides is 2. The molecule has 1 aromatic heterocycles. The van der Waals surface area contributed by atoms with E-state index in [2.05, 4.69) is 20.8 Å². The fourth-order valence-corrected chi connectivity index (χ4v) is 5.68. The first-order chi connectivity index (χ1) is 22.2. The zero-order chi connectivity index (χ0) is 32.4. The highest BCUT2D eigenvalue weighted by Gasteiger charge is 2.30. The Morgan fingerprint density at radius 2 is 1.76 bits per heavy atom. The highest BCUT2D eigenvalue weighted by atomic mass is 35.5. The van der Waals surface area contributed by atoms with E-state index in [1.54, 1.807) is 55.6 Å². The zero-order valence-electron chi connectivity index (χ0n) is 25.1. The van der Waals surface area contributed by atoms with Crippen LogP contribution in [-0.4, -0.2) is 69.7 Å². The fraction of sp³-hybridized carbons (Fsp3) is 0.182. The Morgan fingerprint density at radius 1 is 0.978 bits per heavy atom. The van der Waals surface area contributed by atoms with Gasteiger partial charge in [-0.25, -0.2) is 0 Å². The van der Waals surface area contributed by atoms with Gasteiger partial charge in [0.25, 0.3) is 5.91 Å². The van der Waals surface area contributed by atoms with Crippen LogP contribution in [0.4, 0.5) is 0 Å². The molecule has 4 aromatic carbocycles. The largest absolute Gasteiger partial charge is 0.497 e.